The van der Waals surface area contributed by atoms with Crippen LogP contribution in [-0.4, -0.2) is 10.5 Å². The molecule has 0 atom stereocenters. The number of nitrogens with two attached hydrogens (primary N) is 1. The van der Waals surface area contributed by atoms with Gasteiger partial charge in [-0.2, -0.15) is 0 Å². The van der Waals surface area contributed by atoms with Crippen LogP contribution in [0.4, 0.5) is 5.13 Å². The average Bonchev–Trinajstić information content (AvgIpc) is 2.71. The highest BCUT2D eigenvalue weighted by Crippen LogP contribution is 2.55. The average molecular weight is 263 g/mol. The number of nitrogens with zero attached hydrogens (tertiary/aromatic N) is 1. The molecule has 4 fully saturated rings. The smallest absolute Gasteiger partial charge is 0.180 e. The van der Waals surface area contributed by atoms with E-state index in [-0.39, 0.29) is 0 Å². The normalized spacial score (nSPS) is 41.4. The second kappa shape index (κ2) is 3.94. The van der Waals surface area contributed by atoms with Crippen LogP contribution in [0.15, 0.2) is 6.20 Å². The Morgan fingerprint density at radius 1 is 1.22 bits per heavy atom. The standard InChI is InChI=1S/C14H21N3S/c15-13-16-7-12(18-13)8-17-14-4-9-1-10(5-14)3-11(2-9)6-14/h7,9-11,17H,1-6,8H2,(H2,15,16). The Morgan fingerprint density at radius 2 is 1.83 bits per heavy atom. The number of anilines is 1. The lowest BCUT2D eigenvalue weighted by atomic mass is 9.53. The van der Waals surface area contributed by atoms with Crippen molar-refractivity contribution in [1.82, 2.24) is 10.3 Å². The molecule has 1 heterocycles. The van der Waals surface area contributed by atoms with Crippen molar-refractivity contribution in [3.8, 4) is 0 Å². The first-order valence-electron chi connectivity index (χ1n) is 7.16. The maximum atomic E-state index is 5.69. The summed E-state index contributed by atoms with van der Waals surface area (Å²) in [5.41, 5.74) is 6.15. The lowest BCUT2D eigenvalue weighted by Gasteiger charge is -2.57. The summed E-state index contributed by atoms with van der Waals surface area (Å²) in [5.74, 6) is 3.03. The Morgan fingerprint density at radius 3 is 2.33 bits per heavy atom. The van der Waals surface area contributed by atoms with E-state index in [4.69, 9.17) is 5.73 Å². The largest absolute Gasteiger partial charge is 0.375 e. The fourth-order valence-corrected chi connectivity index (χ4v) is 5.63. The van der Waals surface area contributed by atoms with Crippen LogP contribution in [0.25, 0.3) is 0 Å². The van der Waals surface area contributed by atoms with Gasteiger partial charge >= 0.3 is 0 Å². The van der Waals surface area contributed by atoms with Gasteiger partial charge in [0.25, 0.3) is 0 Å². The molecule has 4 heteroatoms. The zero-order valence-electron chi connectivity index (χ0n) is 10.7. The number of nitrogen functional groups attached to an aromatic ring is 1. The number of rotatable bonds is 3. The van der Waals surface area contributed by atoms with Crippen molar-refractivity contribution < 1.29 is 0 Å². The van der Waals surface area contributed by atoms with Gasteiger partial charge in [-0.15, -0.1) is 11.3 Å². The monoisotopic (exact) mass is 263 g/mol. The van der Waals surface area contributed by atoms with Crippen molar-refractivity contribution in [3.05, 3.63) is 11.1 Å². The Hall–Kier alpha value is -0.610. The highest BCUT2D eigenvalue weighted by Gasteiger charge is 2.50. The van der Waals surface area contributed by atoms with Crippen molar-refractivity contribution in [2.75, 3.05) is 5.73 Å². The lowest BCUT2D eigenvalue weighted by Crippen LogP contribution is -2.58. The van der Waals surface area contributed by atoms with E-state index in [1.807, 2.05) is 6.20 Å². The molecule has 18 heavy (non-hydrogen) atoms. The Kier molecular flexibility index (Phi) is 2.46. The van der Waals surface area contributed by atoms with Crippen molar-refractivity contribution in [1.29, 1.82) is 0 Å². The van der Waals surface area contributed by atoms with Crippen molar-refractivity contribution in [2.24, 2.45) is 17.8 Å². The Labute approximate surface area is 112 Å². The highest BCUT2D eigenvalue weighted by atomic mass is 32.1. The summed E-state index contributed by atoms with van der Waals surface area (Å²) in [6, 6.07) is 0. The van der Waals surface area contributed by atoms with Crippen molar-refractivity contribution >= 4 is 16.5 Å². The molecule has 0 radical (unpaired) electrons. The summed E-state index contributed by atoms with van der Waals surface area (Å²) >= 11 is 1.62. The molecule has 0 saturated heterocycles. The molecule has 4 bridgehead atoms. The van der Waals surface area contributed by atoms with E-state index < -0.39 is 0 Å². The first-order chi connectivity index (χ1) is 8.71. The molecule has 0 unspecified atom stereocenters. The van der Waals surface area contributed by atoms with E-state index in [2.05, 4.69) is 10.3 Å². The Bertz CT molecular complexity index is 418. The van der Waals surface area contributed by atoms with Gasteiger partial charge in [-0.1, -0.05) is 0 Å². The number of thiazole rings is 1. The van der Waals surface area contributed by atoms with Gasteiger partial charge in [0.2, 0.25) is 0 Å². The van der Waals surface area contributed by atoms with Gasteiger partial charge in [0.05, 0.1) is 0 Å². The molecule has 5 rings (SSSR count). The number of hydrogen-bond acceptors (Lipinski definition) is 4. The predicted molar refractivity (Wildman–Crippen MR) is 74.3 cm³/mol. The maximum absolute atomic E-state index is 5.69. The van der Waals surface area contributed by atoms with E-state index in [0.29, 0.717) is 10.7 Å². The van der Waals surface area contributed by atoms with Gasteiger partial charge in [0.1, 0.15) is 0 Å². The minimum Gasteiger partial charge on any atom is -0.375 e. The fourth-order valence-electron chi connectivity index (χ4n) is 5.01. The molecule has 4 aliphatic carbocycles. The predicted octanol–water partition coefficient (Wildman–Crippen LogP) is 2.78. The van der Waals surface area contributed by atoms with Crippen molar-refractivity contribution in [2.45, 2.75) is 50.6 Å². The number of hydrogen-bond donors (Lipinski definition) is 2. The first-order valence-corrected chi connectivity index (χ1v) is 7.98. The van der Waals surface area contributed by atoms with Crippen LogP contribution >= 0.6 is 11.3 Å². The topological polar surface area (TPSA) is 50.9 Å². The number of nitrogens with one attached hydrogen (secondary N) is 1. The second-order valence-corrected chi connectivity index (χ2v) is 7.86. The van der Waals surface area contributed by atoms with E-state index in [1.165, 1.54) is 43.4 Å². The summed E-state index contributed by atoms with van der Waals surface area (Å²) in [4.78, 5) is 5.42. The molecule has 98 valence electrons. The van der Waals surface area contributed by atoms with Gasteiger partial charge in [0.15, 0.2) is 5.13 Å². The molecule has 4 aliphatic rings. The summed E-state index contributed by atoms with van der Waals surface area (Å²) in [6.07, 6.45) is 10.7. The second-order valence-electron chi connectivity index (χ2n) is 6.72. The fraction of sp³-hybridized carbons (Fsp3) is 0.786. The number of aromatic nitrogens is 1. The molecule has 3 N–H and O–H groups in total. The highest BCUT2D eigenvalue weighted by molar-refractivity contribution is 7.15. The van der Waals surface area contributed by atoms with Crippen molar-refractivity contribution in [3.63, 3.8) is 0 Å². The SMILES string of the molecule is Nc1ncc(CNC23CC4CC(CC(C4)C2)C3)s1. The van der Waals surface area contributed by atoms with Crippen LogP contribution in [0.2, 0.25) is 0 Å². The van der Waals surface area contributed by atoms with Crippen LogP contribution in [0.1, 0.15) is 43.4 Å². The first kappa shape index (κ1) is 11.2. The lowest BCUT2D eigenvalue weighted by molar-refractivity contribution is -0.0204. The quantitative estimate of drug-likeness (QED) is 0.881. The third-order valence-electron chi connectivity index (χ3n) is 5.25. The van der Waals surface area contributed by atoms with Crippen LogP contribution < -0.4 is 11.1 Å². The molecule has 4 saturated carbocycles. The molecule has 1 aromatic rings. The third kappa shape index (κ3) is 1.86. The Balaban J connectivity index is 1.47. The zero-order valence-corrected chi connectivity index (χ0v) is 11.5. The minimum absolute atomic E-state index is 0.452. The third-order valence-corrected chi connectivity index (χ3v) is 6.07. The van der Waals surface area contributed by atoms with E-state index in [9.17, 15) is 0 Å². The summed E-state index contributed by atoms with van der Waals surface area (Å²) in [7, 11) is 0. The molecular formula is C14H21N3S. The van der Waals surface area contributed by atoms with Gasteiger partial charge in [-0.05, 0) is 56.3 Å². The maximum Gasteiger partial charge on any atom is 0.180 e. The van der Waals surface area contributed by atoms with Crippen LogP contribution in [-0.2, 0) is 6.54 Å². The van der Waals surface area contributed by atoms with Gasteiger partial charge in [-0.3, -0.25) is 0 Å². The molecule has 0 aliphatic heterocycles. The summed E-state index contributed by atoms with van der Waals surface area (Å²) < 4.78 is 0. The zero-order chi connectivity index (χ0) is 12.2. The van der Waals surface area contributed by atoms with E-state index >= 15 is 0 Å². The van der Waals surface area contributed by atoms with Crippen LogP contribution in [0.5, 0.6) is 0 Å². The van der Waals surface area contributed by atoms with Crippen LogP contribution in [0, 0.1) is 17.8 Å². The molecular weight excluding hydrogens is 242 g/mol. The van der Waals surface area contributed by atoms with Crippen LogP contribution in [0.3, 0.4) is 0 Å². The molecule has 0 amide bonds. The summed E-state index contributed by atoms with van der Waals surface area (Å²) in [5, 5.41) is 4.56. The van der Waals surface area contributed by atoms with E-state index in [0.717, 1.165) is 24.3 Å². The van der Waals surface area contributed by atoms with E-state index in [1.54, 1.807) is 11.3 Å². The van der Waals surface area contributed by atoms with Gasteiger partial charge in [0, 0.05) is 23.2 Å². The molecule has 0 spiro atoms. The molecule has 0 aromatic carbocycles. The van der Waals surface area contributed by atoms with Gasteiger partial charge < -0.3 is 11.1 Å². The molecule has 1 aromatic heterocycles. The van der Waals surface area contributed by atoms with Gasteiger partial charge in [-0.25, -0.2) is 4.98 Å². The minimum atomic E-state index is 0.452. The molecule has 3 nitrogen and oxygen atoms in total. The summed E-state index contributed by atoms with van der Waals surface area (Å²) in [6.45, 7) is 0.959.